The predicted molar refractivity (Wildman–Crippen MR) is 93.3 cm³/mol. The summed E-state index contributed by atoms with van der Waals surface area (Å²) in [5.41, 5.74) is 3.24. The molecule has 2 atom stereocenters. The summed E-state index contributed by atoms with van der Waals surface area (Å²) >= 11 is 0. The molecule has 2 rings (SSSR count). The van der Waals surface area contributed by atoms with E-state index in [1.165, 1.54) is 24.1 Å². The van der Waals surface area contributed by atoms with Crippen molar-refractivity contribution in [3.63, 3.8) is 0 Å². The van der Waals surface area contributed by atoms with Crippen LogP contribution in [0.2, 0.25) is 0 Å². The monoisotopic (exact) mass is 288 g/mol. The van der Waals surface area contributed by atoms with Gasteiger partial charge in [-0.3, -0.25) is 0 Å². The average molecular weight is 288 g/mol. The summed E-state index contributed by atoms with van der Waals surface area (Å²) in [6.07, 6.45) is 2.35. The van der Waals surface area contributed by atoms with Crippen LogP contribution in [0.15, 0.2) is 24.3 Å². The van der Waals surface area contributed by atoms with E-state index in [4.69, 9.17) is 0 Å². The van der Waals surface area contributed by atoms with Gasteiger partial charge in [-0.15, -0.1) is 0 Å². The van der Waals surface area contributed by atoms with Crippen LogP contribution in [0, 0.1) is 0 Å². The Hall–Kier alpha value is -1.02. The minimum atomic E-state index is 0.226. The van der Waals surface area contributed by atoms with Gasteiger partial charge in [-0.25, -0.2) is 0 Å². The normalized spacial score (nSPS) is 27.0. The molecular formula is C19H32N2. The third-order valence-electron chi connectivity index (χ3n) is 5.04. The molecule has 1 aliphatic heterocycles. The second kappa shape index (κ2) is 6.00. The van der Waals surface area contributed by atoms with Crippen LogP contribution in [-0.2, 0) is 5.41 Å². The maximum atomic E-state index is 3.74. The van der Waals surface area contributed by atoms with Crippen molar-refractivity contribution in [2.24, 2.45) is 0 Å². The van der Waals surface area contributed by atoms with E-state index in [1.54, 1.807) is 0 Å². The lowest BCUT2D eigenvalue weighted by atomic mass is 9.86. The number of piperazine rings is 1. The van der Waals surface area contributed by atoms with Crippen LogP contribution in [0.1, 0.15) is 59.9 Å². The first-order chi connectivity index (χ1) is 9.79. The standard InChI is InChI=1S/C19H32N2/c1-7-16-13-20-19(6,8-2)14-21(16)17-11-9-15(10-12-17)18(3,4)5/h9-12,16,20H,7-8,13-14H2,1-6H3. The van der Waals surface area contributed by atoms with Gasteiger partial charge in [0.15, 0.2) is 0 Å². The largest absolute Gasteiger partial charge is 0.365 e. The summed E-state index contributed by atoms with van der Waals surface area (Å²) in [6.45, 7) is 15.9. The molecule has 0 amide bonds. The van der Waals surface area contributed by atoms with Crippen molar-refractivity contribution in [2.75, 3.05) is 18.0 Å². The number of nitrogens with zero attached hydrogens (tertiary/aromatic N) is 1. The van der Waals surface area contributed by atoms with Crippen LogP contribution in [0.25, 0.3) is 0 Å². The molecule has 1 aliphatic rings. The molecule has 118 valence electrons. The lowest BCUT2D eigenvalue weighted by molar-refractivity contribution is 0.276. The zero-order valence-electron chi connectivity index (χ0n) is 14.7. The molecular weight excluding hydrogens is 256 g/mol. The highest BCUT2D eigenvalue weighted by molar-refractivity contribution is 5.50. The van der Waals surface area contributed by atoms with E-state index in [9.17, 15) is 0 Å². The van der Waals surface area contributed by atoms with Gasteiger partial charge < -0.3 is 10.2 Å². The lowest BCUT2D eigenvalue weighted by Gasteiger charge is -2.47. The van der Waals surface area contributed by atoms with Gasteiger partial charge in [0, 0.05) is 30.4 Å². The van der Waals surface area contributed by atoms with Gasteiger partial charge in [0.1, 0.15) is 0 Å². The number of anilines is 1. The van der Waals surface area contributed by atoms with Gasteiger partial charge in [0.05, 0.1) is 0 Å². The first-order valence-corrected chi connectivity index (χ1v) is 8.41. The number of nitrogens with one attached hydrogen (secondary N) is 1. The van der Waals surface area contributed by atoms with Crippen LogP contribution in [0.5, 0.6) is 0 Å². The highest BCUT2D eigenvalue weighted by atomic mass is 15.3. The summed E-state index contributed by atoms with van der Waals surface area (Å²) < 4.78 is 0. The highest BCUT2D eigenvalue weighted by Gasteiger charge is 2.33. The Morgan fingerprint density at radius 1 is 1.19 bits per heavy atom. The first-order valence-electron chi connectivity index (χ1n) is 8.41. The molecule has 1 aromatic rings. The Bertz CT molecular complexity index is 457. The highest BCUT2D eigenvalue weighted by Crippen LogP contribution is 2.29. The van der Waals surface area contributed by atoms with E-state index in [2.05, 4.69) is 76.0 Å². The molecule has 0 aliphatic carbocycles. The molecule has 1 saturated heterocycles. The molecule has 1 fully saturated rings. The van der Waals surface area contributed by atoms with Gasteiger partial charge >= 0.3 is 0 Å². The fourth-order valence-electron chi connectivity index (χ4n) is 3.09. The van der Waals surface area contributed by atoms with Crippen molar-refractivity contribution < 1.29 is 0 Å². The van der Waals surface area contributed by atoms with Crippen LogP contribution >= 0.6 is 0 Å². The third kappa shape index (κ3) is 3.60. The van der Waals surface area contributed by atoms with E-state index in [0.717, 1.165) is 13.1 Å². The summed E-state index contributed by atoms with van der Waals surface area (Å²) in [5, 5.41) is 3.74. The molecule has 0 radical (unpaired) electrons. The smallest absolute Gasteiger partial charge is 0.0412 e. The molecule has 1 aromatic carbocycles. The second-order valence-corrected chi connectivity index (χ2v) is 7.78. The Kier molecular flexibility index (Phi) is 4.67. The van der Waals surface area contributed by atoms with Gasteiger partial charge in [0.25, 0.3) is 0 Å². The van der Waals surface area contributed by atoms with Crippen LogP contribution in [0.4, 0.5) is 5.69 Å². The third-order valence-corrected chi connectivity index (χ3v) is 5.04. The van der Waals surface area contributed by atoms with E-state index in [0.29, 0.717) is 6.04 Å². The number of rotatable bonds is 3. The van der Waals surface area contributed by atoms with Gasteiger partial charge in [-0.1, -0.05) is 46.8 Å². The predicted octanol–water partition coefficient (Wildman–Crippen LogP) is 4.34. The molecule has 2 heteroatoms. The van der Waals surface area contributed by atoms with Crippen molar-refractivity contribution >= 4 is 5.69 Å². The molecule has 1 heterocycles. The molecule has 1 N–H and O–H groups in total. The van der Waals surface area contributed by atoms with E-state index in [-0.39, 0.29) is 11.0 Å². The number of hydrogen-bond acceptors (Lipinski definition) is 2. The first kappa shape index (κ1) is 16.4. The average Bonchev–Trinajstić information content (AvgIpc) is 2.46. The van der Waals surface area contributed by atoms with Gasteiger partial charge in [0.2, 0.25) is 0 Å². The molecule has 0 saturated carbocycles. The summed E-state index contributed by atoms with van der Waals surface area (Å²) in [6, 6.07) is 9.82. The lowest BCUT2D eigenvalue weighted by Crippen LogP contribution is -2.62. The molecule has 0 bridgehead atoms. The zero-order chi connectivity index (χ0) is 15.7. The maximum absolute atomic E-state index is 3.74. The Morgan fingerprint density at radius 3 is 2.29 bits per heavy atom. The van der Waals surface area contributed by atoms with Crippen molar-refractivity contribution in [1.82, 2.24) is 5.32 Å². The maximum Gasteiger partial charge on any atom is 0.0412 e. The van der Waals surface area contributed by atoms with Crippen LogP contribution in [-0.4, -0.2) is 24.7 Å². The van der Waals surface area contributed by atoms with Crippen LogP contribution < -0.4 is 10.2 Å². The van der Waals surface area contributed by atoms with Crippen molar-refractivity contribution in [2.45, 2.75) is 71.4 Å². The Morgan fingerprint density at radius 2 is 1.81 bits per heavy atom. The summed E-state index contributed by atoms with van der Waals surface area (Å²) in [5.74, 6) is 0. The minimum Gasteiger partial charge on any atom is -0.365 e. The Balaban J connectivity index is 2.24. The molecule has 2 nitrogen and oxygen atoms in total. The molecule has 0 spiro atoms. The van der Waals surface area contributed by atoms with Crippen molar-refractivity contribution in [3.8, 4) is 0 Å². The number of hydrogen-bond donors (Lipinski definition) is 1. The molecule has 21 heavy (non-hydrogen) atoms. The molecule has 2 unspecified atom stereocenters. The zero-order valence-corrected chi connectivity index (χ0v) is 14.7. The topological polar surface area (TPSA) is 15.3 Å². The van der Waals surface area contributed by atoms with Crippen molar-refractivity contribution in [3.05, 3.63) is 29.8 Å². The van der Waals surface area contributed by atoms with E-state index < -0.39 is 0 Å². The fraction of sp³-hybridized carbons (Fsp3) is 0.684. The van der Waals surface area contributed by atoms with E-state index in [1.807, 2.05) is 0 Å². The van der Waals surface area contributed by atoms with E-state index >= 15 is 0 Å². The quantitative estimate of drug-likeness (QED) is 0.890. The van der Waals surface area contributed by atoms with Gasteiger partial charge in [-0.05, 0) is 42.9 Å². The Labute approximate surface area is 130 Å². The fourth-order valence-corrected chi connectivity index (χ4v) is 3.09. The summed E-state index contributed by atoms with van der Waals surface area (Å²) in [7, 11) is 0. The van der Waals surface area contributed by atoms with Gasteiger partial charge in [-0.2, -0.15) is 0 Å². The van der Waals surface area contributed by atoms with Crippen molar-refractivity contribution in [1.29, 1.82) is 0 Å². The van der Waals surface area contributed by atoms with Crippen LogP contribution in [0.3, 0.4) is 0 Å². The minimum absolute atomic E-state index is 0.226. The number of benzene rings is 1. The molecule has 0 aromatic heterocycles. The summed E-state index contributed by atoms with van der Waals surface area (Å²) in [4.78, 5) is 2.60. The second-order valence-electron chi connectivity index (χ2n) is 7.78. The SMILES string of the molecule is CCC1CNC(C)(CC)CN1c1ccc(C(C)(C)C)cc1.